The lowest BCUT2D eigenvalue weighted by atomic mass is 10.2. The molecule has 0 fully saturated rings. The fourth-order valence-electron chi connectivity index (χ4n) is 1.67. The minimum absolute atomic E-state index is 0.143. The summed E-state index contributed by atoms with van der Waals surface area (Å²) < 4.78 is 0. The van der Waals surface area contributed by atoms with Crippen molar-refractivity contribution in [3.63, 3.8) is 0 Å². The van der Waals surface area contributed by atoms with E-state index < -0.39 is 0 Å². The van der Waals surface area contributed by atoms with Crippen LogP contribution in [0.15, 0.2) is 48.5 Å². The summed E-state index contributed by atoms with van der Waals surface area (Å²) in [7, 11) is 0. The third-order valence-corrected chi connectivity index (χ3v) is 3.34. The van der Waals surface area contributed by atoms with Gasteiger partial charge in [-0.05, 0) is 41.5 Å². The Labute approximate surface area is 133 Å². The molecule has 0 spiro atoms. The van der Waals surface area contributed by atoms with Crippen molar-refractivity contribution >= 4 is 34.9 Å². The van der Waals surface area contributed by atoms with E-state index in [4.69, 9.17) is 23.8 Å². The SMILES string of the molecule is Oc1ccc(/C=C/C(=S)NCc2ccc(Cl)cc2)cc1O. The van der Waals surface area contributed by atoms with Crippen LogP contribution in [0.3, 0.4) is 0 Å². The number of rotatable bonds is 4. The summed E-state index contributed by atoms with van der Waals surface area (Å²) >= 11 is 11.0. The molecule has 0 amide bonds. The summed E-state index contributed by atoms with van der Waals surface area (Å²) in [6.07, 6.45) is 3.49. The summed E-state index contributed by atoms with van der Waals surface area (Å²) in [6, 6.07) is 12.1. The molecule has 0 saturated heterocycles. The summed E-state index contributed by atoms with van der Waals surface area (Å²) in [4.78, 5) is 0.581. The second-order valence-electron chi connectivity index (χ2n) is 4.43. The Kier molecular flexibility index (Phi) is 5.20. The maximum atomic E-state index is 9.40. The van der Waals surface area contributed by atoms with Gasteiger partial charge in [0.15, 0.2) is 11.5 Å². The zero-order valence-electron chi connectivity index (χ0n) is 11.1. The molecule has 5 heteroatoms. The van der Waals surface area contributed by atoms with Gasteiger partial charge in [0.1, 0.15) is 0 Å². The summed E-state index contributed by atoms with van der Waals surface area (Å²) in [5, 5.41) is 22.4. The molecule has 0 saturated carbocycles. The lowest BCUT2D eigenvalue weighted by molar-refractivity contribution is 0.403. The van der Waals surface area contributed by atoms with Gasteiger partial charge in [-0.2, -0.15) is 0 Å². The Morgan fingerprint density at radius 1 is 1.10 bits per heavy atom. The van der Waals surface area contributed by atoms with E-state index in [9.17, 15) is 10.2 Å². The molecule has 0 unspecified atom stereocenters. The van der Waals surface area contributed by atoms with Crippen LogP contribution in [0.4, 0.5) is 0 Å². The highest BCUT2D eigenvalue weighted by molar-refractivity contribution is 7.80. The molecule has 0 heterocycles. The molecule has 2 rings (SSSR count). The van der Waals surface area contributed by atoms with E-state index >= 15 is 0 Å². The average Bonchev–Trinajstić information content (AvgIpc) is 2.48. The van der Waals surface area contributed by atoms with Crippen molar-refractivity contribution in [2.24, 2.45) is 0 Å². The lowest BCUT2D eigenvalue weighted by Gasteiger charge is -2.05. The van der Waals surface area contributed by atoms with E-state index in [0.29, 0.717) is 16.6 Å². The van der Waals surface area contributed by atoms with E-state index in [1.54, 1.807) is 18.2 Å². The number of hydrogen-bond acceptors (Lipinski definition) is 3. The zero-order valence-corrected chi connectivity index (χ0v) is 12.7. The smallest absolute Gasteiger partial charge is 0.157 e. The van der Waals surface area contributed by atoms with Gasteiger partial charge in [-0.25, -0.2) is 0 Å². The molecular weight excluding hydrogens is 306 g/mol. The molecule has 0 aliphatic rings. The van der Waals surface area contributed by atoms with Gasteiger partial charge < -0.3 is 15.5 Å². The fraction of sp³-hybridized carbons (Fsp3) is 0.0625. The van der Waals surface area contributed by atoms with Crippen molar-refractivity contribution in [2.45, 2.75) is 6.54 Å². The highest BCUT2D eigenvalue weighted by Gasteiger charge is 1.98. The molecule has 21 heavy (non-hydrogen) atoms. The van der Waals surface area contributed by atoms with Gasteiger partial charge in [0.05, 0.1) is 4.99 Å². The Morgan fingerprint density at radius 2 is 1.81 bits per heavy atom. The van der Waals surface area contributed by atoms with E-state index in [2.05, 4.69) is 5.32 Å². The summed E-state index contributed by atoms with van der Waals surface area (Å²) in [5.74, 6) is -0.298. The van der Waals surface area contributed by atoms with Crippen LogP contribution in [0.25, 0.3) is 6.08 Å². The normalized spacial score (nSPS) is 10.7. The van der Waals surface area contributed by atoms with Crippen LogP contribution >= 0.6 is 23.8 Å². The molecule has 0 atom stereocenters. The van der Waals surface area contributed by atoms with Crippen LogP contribution in [-0.4, -0.2) is 15.2 Å². The van der Waals surface area contributed by atoms with E-state index in [1.165, 1.54) is 12.1 Å². The third-order valence-electron chi connectivity index (χ3n) is 2.81. The molecule has 108 valence electrons. The van der Waals surface area contributed by atoms with Crippen molar-refractivity contribution in [1.29, 1.82) is 0 Å². The molecule has 0 bridgehead atoms. The molecule has 2 aromatic carbocycles. The van der Waals surface area contributed by atoms with Crippen molar-refractivity contribution in [3.8, 4) is 11.5 Å². The number of halogens is 1. The predicted octanol–water partition coefficient (Wildman–Crippen LogP) is 3.88. The van der Waals surface area contributed by atoms with Crippen molar-refractivity contribution in [3.05, 3.63) is 64.7 Å². The molecule has 3 nitrogen and oxygen atoms in total. The first kappa shape index (κ1) is 15.4. The Bertz CT molecular complexity index is 668. The molecule has 0 aliphatic carbocycles. The van der Waals surface area contributed by atoms with Crippen molar-refractivity contribution in [1.82, 2.24) is 5.32 Å². The van der Waals surface area contributed by atoms with Crippen LogP contribution in [0, 0.1) is 0 Å². The first-order chi connectivity index (χ1) is 10.0. The van der Waals surface area contributed by atoms with Crippen LogP contribution in [0.5, 0.6) is 11.5 Å². The Hall–Kier alpha value is -2.04. The number of nitrogens with one attached hydrogen (secondary N) is 1. The summed E-state index contributed by atoms with van der Waals surface area (Å²) in [6.45, 7) is 0.612. The quantitative estimate of drug-likeness (QED) is 0.455. The van der Waals surface area contributed by atoms with Crippen LogP contribution < -0.4 is 5.32 Å². The largest absolute Gasteiger partial charge is 0.504 e. The maximum Gasteiger partial charge on any atom is 0.157 e. The maximum absolute atomic E-state index is 9.40. The fourth-order valence-corrected chi connectivity index (χ4v) is 1.93. The van der Waals surface area contributed by atoms with Crippen LogP contribution in [0.2, 0.25) is 5.02 Å². The minimum atomic E-state index is -0.155. The van der Waals surface area contributed by atoms with Gasteiger partial charge in [0.25, 0.3) is 0 Å². The Balaban J connectivity index is 1.90. The van der Waals surface area contributed by atoms with E-state index in [-0.39, 0.29) is 11.5 Å². The number of benzene rings is 2. The third kappa shape index (κ3) is 4.77. The molecular formula is C16H14ClNO2S. The number of phenols is 2. The first-order valence-electron chi connectivity index (χ1n) is 6.27. The van der Waals surface area contributed by atoms with Crippen LogP contribution in [0.1, 0.15) is 11.1 Å². The van der Waals surface area contributed by atoms with Gasteiger partial charge in [-0.15, -0.1) is 0 Å². The van der Waals surface area contributed by atoms with Crippen molar-refractivity contribution in [2.75, 3.05) is 0 Å². The standard InChI is InChI=1S/C16H14ClNO2S/c17-13-5-1-12(2-6-13)10-18-16(21)8-4-11-3-7-14(19)15(20)9-11/h1-9,19-20H,10H2,(H,18,21)/b8-4+. The number of thiocarbonyl (C=S) groups is 1. The van der Waals surface area contributed by atoms with Gasteiger partial charge >= 0.3 is 0 Å². The molecule has 0 aromatic heterocycles. The predicted molar refractivity (Wildman–Crippen MR) is 89.7 cm³/mol. The number of hydrogen-bond donors (Lipinski definition) is 3. The lowest BCUT2D eigenvalue weighted by Crippen LogP contribution is -2.18. The highest BCUT2D eigenvalue weighted by atomic mass is 35.5. The van der Waals surface area contributed by atoms with Gasteiger partial charge in [0, 0.05) is 11.6 Å². The van der Waals surface area contributed by atoms with Crippen LogP contribution in [-0.2, 0) is 6.54 Å². The number of aromatic hydroxyl groups is 2. The van der Waals surface area contributed by atoms with Crippen molar-refractivity contribution < 1.29 is 10.2 Å². The molecule has 2 aromatic rings. The van der Waals surface area contributed by atoms with Gasteiger partial charge in [-0.1, -0.05) is 48.1 Å². The first-order valence-corrected chi connectivity index (χ1v) is 7.05. The minimum Gasteiger partial charge on any atom is -0.504 e. The second-order valence-corrected chi connectivity index (χ2v) is 5.30. The zero-order chi connectivity index (χ0) is 15.2. The van der Waals surface area contributed by atoms with E-state index in [1.807, 2.05) is 24.3 Å². The summed E-state index contributed by atoms with van der Waals surface area (Å²) in [5.41, 5.74) is 1.83. The van der Waals surface area contributed by atoms with E-state index in [0.717, 1.165) is 11.1 Å². The monoisotopic (exact) mass is 319 g/mol. The molecule has 3 N–H and O–H groups in total. The highest BCUT2D eigenvalue weighted by Crippen LogP contribution is 2.25. The topological polar surface area (TPSA) is 52.5 Å². The Morgan fingerprint density at radius 3 is 2.48 bits per heavy atom. The van der Waals surface area contributed by atoms with Gasteiger partial charge in [0.2, 0.25) is 0 Å². The second kappa shape index (κ2) is 7.11. The molecule has 0 aliphatic heterocycles. The van der Waals surface area contributed by atoms with Gasteiger partial charge in [-0.3, -0.25) is 0 Å². The average molecular weight is 320 g/mol. The number of phenolic OH excluding ortho intramolecular Hbond substituents is 2. The molecule has 0 radical (unpaired) electrons.